The first kappa shape index (κ1) is 17.7. The molecule has 0 spiro atoms. The molecule has 8 heteroatoms. The van der Waals surface area contributed by atoms with Crippen LogP contribution in [0.5, 0.6) is 0 Å². The van der Waals surface area contributed by atoms with Crippen LogP contribution < -0.4 is 10.9 Å². The lowest BCUT2D eigenvalue weighted by atomic mass is 10.2. The van der Waals surface area contributed by atoms with Gasteiger partial charge in [-0.05, 0) is 48.5 Å². The average Bonchev–Trinajstić information content (AvgIpc) is 2.58. The summed E-state index contributed by atoms with van der Waals surface area (Å²) in [7, 11) is 0. The molecule has 2 aromatic carbocycles. The molecule has 0 aliphatic rings. The first-order valence-electron chi connectivity index (χ1n) is 6.73. The number of halogens is 2. The molecule has 0 atom stereocenters. The van der Waals surface area contributed by atoms with Crippen LogP contribution in [0.3, 0.4) is 0 Å². The van der Waals surface area contributed by atoms with Crippen LogP contribution in [0.15, 0.2) is 58.7 Å². The quantitative estimate of drug-likeness (QED) is 0.632. The van der Waals surface area contributed by atoms with Gasteiger partial charge >= 0.3 is 0 Å². The number of hydrazone groups is 2. The van der Waals surface area contributed by atoms with Crippen molar-refractivity contribution in [2.45, 2.75) is 0 Å². The second kappa shape index (κ2) is 8.81. The van der Waals surface area contributed by atoms with Crippen molar-refractivity contribution < 1.29 is 9.59 Å². The van der Waals surface area contributed by atoms with Gasteiger partial charge in [0.05, 0.1) is 12.4 Å². The lowest BCUT2D eigenvalue weighted by Crippen LogP contribution is -2.18. The molecule has 2 amide bonds. The van der Waals surface area contributed by atoms with E-state index in [2.05, 4.69) is 21.1 Å². The predicted molar refractivity (Wildman–Crippen MR) is 94.8 cm³/mol. The molecule has 6 nitrogen and oxygen atoms in total. The third-order valence-electron chi connectivity index (χ3n) is 2.76. The van der Waals surface area contributed by atoms with E-state index in [0.29, 0.717) is 21.2 Å². The van der Waals surface area contributed by atoms with E-state index in [0.717, 1.165) is 0 Å². The number of nitrogens with one attached hydrogen (secondary N) is 2. The second-order valence-corrected chi connectivity index (χ2v) is 5.32. The van der Waals surface area contributed by atoms with Crippen molar-refractivity contribution in [1.29, 1.82) is 0 Å². The number of hydrogen-bond donors (Lipinski definition) is 2. The Morgan fingerprint density at radius 3 is 1.38 bits per heavy atom. The van der Waals surface area contributed by atoms with E-state index in [1.165, 1.54) is 12.4 Å². The summed E-state index contributed by atoms with van der Waals surface area (Å²) < 4.78 is 0. The minimum atomic E-state index is -0.387. The van der Waals surface area contributed by atoms with E-state index < -0.39 is 0 Å². The Hall–Kier alpha value is -2.70. The van der Waals surface area contributed by atoms with Crippen molar-refractivity contribution in [3.63, 3.8) is 0 Å². The van der Waals surface area contributed by atoms with Crippen molar-refractivity contribution in [2.75, 3.05) is 0 Å². The number of nitrogens with zero attached hydrogens (tertiary/aromatic N) is 2. The van der Waals surface area contributed by atoms with Gasteiger partial charge in [0.15, 0.2) is 0 Å². The lowest BCUT2D eigenvalue weighted by molar-refractivity contribution is 0.0946. The highest BCUT2D eigenvalue weighted by Crippen LogP contribution is 2.09. The largest absolute Gasteiger partial charge is 0.271 e. The minimum absolute atomic E-state index is 0.387. The SMILES string of the molecule is O=C(N/N=C\C=N\NC(=O)c1ccc(Cl)cc1)c1ccc(Cl)cc1. The van der Waals surface area contributed by atoms with Gasteiger partial charge in [-0.15, -0.1) is 0 Å². The molecule has 122 valence electrons. The van der Waals surface area contributed by atoms with Crippen LogP contribution in [0.2, 0.25) is 10.0 Å². The van der Waals surface area contributed by atoms with Gasteiger partial charge in [-0.3, -0.25) is 9.59 Å². The summed E-state index contributed by atoms with van der Waals surface area (Å²) in [6.45, 7) is 0. The van der Waals surface area contributed by atoms with Crippen LogP contribution in [0.1, 0.15) is 20.7 Å². The topological polar surface area (TPSA) is 82.9 Å². The highest BCUT2D eigenvalue weighted by molar-refractivity contribution is 6.31. The van der Waals surface area contributed by atoms with Crippen LogP contribution >= 0.6 is 23.2 Å². The zero-order valence-electron chi connectivity index (χ0n) is 12.2. The molecule has 0 aliphatic carbocycles. The van der Waals surface area contributed by atoms with Crippen LogP contribution in [0.25, 0.3) is 0 Å². The molecule has 2 aromatic rings. The van der Waals surface area contributed by atoms with E-state index in [-0.39, 0.29) is 11.8 Å². The van der Waals surface area contributed by atoms with Crippen LogP contribution in [0, 0.1) is 0 Å². The van der Waals surface area contributed by atoms with Gasteiger partial charge in [0.2, 0.25) is 0 Å². The van der Waals surface area contributed by atoms with E-state index in [1.54, 1.807) is 48.5 Å². The monoisotopic (exact) mass is 362 g/mol. The Kier molecular flexibility index (Phi) is 6.48. The molecule has 2 N–H and O–H groups in total. The zero-order valence-corrected chi connectivity index (χ0v) is 13.8. The predicted octanol–water partition coefficient (Wildman–Crippen LogP) is 3.12. The first-order chi connectivity index (χ1) is 11.6. The molecule has 0 aliphatic heterocycles. The number of rotatable bonds is 5. The van der Waals surface area contributed by atoms with Gasteiger partial charge < -0.3 is 0 Å². The van der Waals surface area contributed by atoms with E-state index in [4.69, 9.17) is 23.2 Å². The summed E-state index contributed by atoms with van der Waals surface area (Å²) in [6, 6.07) is 12.7. The summed E-state index contributed by atoms with van der Waals surface area (Å²) in [4.78, 5) is 23.4. The second-order valence-electron chi connectivity index (χ2n) is 4.45. The zero-order chi connectivity index (χ0) is 17.4. The first-order valence-corrected chi connectivity index (χ1v) is 7.48. The maximum atomic E-state index is 11.7. The summed E-state index contributed by atoms with van der Waals surface area (Å²) >= 11 is 11.5. The van der Waals surface area contributed by atoms with E-state index in [9.17, 15) is 9.59 Å². The Bertz CT molecular complexity index is 704. The van der Waals surface area contributed by atoms with Crippen molar-refractivity contribution in [2.24, 2.45) is 10.2 Å². The smallest absolute Gasteiger partial charge is 0.267 e. The van der Waals surface area contributed by atoms with Crippen molar-refractivity contribution >= 4 is 47.4 Å². The van der Waals surface area contributed by atoms with Gasteiger partial charge in [0.25, 0.3) is 11.8 Å². The van der Waals surface area contributed by atoms with Crippen LogP contribution in [0.4, 0.5) is 0 Å². The third kappa shape index (κ3) is 5.49. The molecule has 2 rings (SSSR count). The minimum Gasteiger partial charge on any atom is -0.267 e. The lowest BCUT2D eigenvalue weighted by Gasteiger charge is -1.99. The van der Waals surface area contributed by atoms with Gasteiger partial charge in [-0.2, -0.15) is 10.2 Å². The Labute approximate surface area is 148 Å². The van der Waals surface area contributed by atoms with Crippen LogP contribution in [-0.4, -0.2) is 24.2 Å². The molecular weight excluding hydrogens is 351 g/mol. The number of carbonyl (C=O) groups excluding carboxylic acids is 2. The number of benzene rings is 2. The molecule has 0 saturated heterocycles. The molecule has 24 heavy (non-hydrogen) atoms. The fraction of sp³-hybridized carbons (Fsp3) is 0. The van der Waals surface area contributed by atoms with E-state index >= 15 is 0 Å². The number of hydrogen-bond acceptors (Lipinski definition) is 4. The van der Waals surface area contributed by atoms with Gasteiger partial charge in [0.1, 0.15) is 0 Å². The summed E-state index contributed by atoms with van der Waals surface area (Å²) in [6.07, 6.45) is 2.46. The number of carbonyl (C=O) groups is 2. The fourth-order valence-electron chi connectivity index (χ4n) is 1.59. The third-order valence-corrected chi connectivity index (χ3v) is 3.26. The fourth-order valence-corrected chi connectivity index (χ4v) is 1.84. The Morgan fingerprint density at radius 1 is 0.708 bits per heavy atom. The van der Waals surface area contributed by atoms with Crippen molar-refractivity contribution in [3.8, 4) is 0 Å². The summed E-state index contributed by atoms with van der Waals surface area (Å²) in [5.41, 5.74) is 5.47. The molecule has 0 bridgehead atoms. The van der Waals surface area contributed by atoms with Gasteiger partial charge in [-0.1, -0.05) is 23.2 Å². The highest BCUT2D eigenvalue weighted by Gasteiger charge is 2.03. The standard InChI is InChI=1S/C16H12Cl2N4O2/c17-13-5-1-11(2-6-13)15(23)21-19-9-10-20-22-16(24)12-3-7-14(18)8-4-12/h1-10H,(H,21,23)(H,22,24)/b19-9-,20-10+. The van der Waals surface area contributed by atoms with E-state index in [1.807, 2.05) is 0 Å². The van der Waals surface area contributed by atoms with Gasteiger partial charge in [-0.25, -0.2) is 10.9 Å². The number of amides is 2. The van der Waals surface area contributed by atoms with Crippen LogP contribution in [-0.2, 0) is 0 Å². The highest BCUT2D eigenvalue weighted by atomic mass is 35.5. The Balaban J connectivity index is 1.78. The maximum Gasteiger partial charge on any atom is 0.271 e. The summed E-state index contributed by atoms with van der Waals surface area (Å²) in [5, 5.41) is 8.43. The maximum absolute atomic E-state index is 11.7. The molecule has 0 aromatic heterocycles. The Morgan fingerprint density at radius 2 is 1.04 bits per heavy atom. The van der Waals surface area contributed by atoms with Crippen molar-refractivity contribution in [3.05, 3.63) is 69.7 Å². The normalized spacial score (nSPS) is 10.9. The molecule has 0 unspecified atom stereocenters. The summed E-state index contributed by atoms with van der Waals surface area (Å²) in [5.74, 6) is -0.775. The van der Waals surface area contributed by atoms with Crippen molar-refractivity contribution in [1.82, 2.24) is 10.9 Å². The van der Waals surface area contributed by atoms with Gasteiger partial charge in [0, 0.05) is 21.2 Å². The molecule has 0 heterocycles. The molecule has 0 radical (unpaired) electrons. The molecule has 0 fully saturated rings. The molecule has 0 saturated carbocycles. The average molecular weight is 363 g/mol. The molecular formula is C16H12Cl2N4O2.